The number of rotatable bonds is 2. The van der Waals surface area contributed by atoms with Gasteiger partial charge in [-0.3, -0.25) is 9.11 Å². The molecular formula is C6H8NNaO6S2. The van der Waals surface area contributed by atoms with Gasteiger partial charge >= 0.3 is 29.6 Å². The number of nitrogen functional groups attached to an aromatic ring is 1. The first kappa shape index (κ1) is 15.8. The van der Waals surface area contributed by atoms with Crippen molar-refractivity contribution in [2.75, 3.05) is 5.73 Å². The van der Waals surface area contributed by atoms with Gasteiger partial charge < -0.3 is 5.73 Å². The van der Waals surface area contributed by atoms with Crippen LogP contribution in [0.3, 0.4) is 0 Å². The van der Waals surface area contributed by atoms with Crippen molar-refractivity contribution in [3.8, 4) is 0 Å². The zero-order valence-corrected chi connectivity index (χ0v) is 8.79. The van der Waals surface area contributed by atoms with E-state index in [2.05, 4.69) is 0 Å². The quantitative estimate of drug-likeness (QED) is 0.362. The molecular weight excluding hydrogens is 269 g/mol. The van der Waals surface area contributed by atoms with E-state index < -0.39 is 35.7 Å². The molecule has 1 aromatic carbocycles. The number of nitrogens with two attached hydrogens (primary N) is 1. The van der Waals surface area contributed by atoms with E-state index in [1.54, 1.807) is 0 Å². The van der Waals surface area contributed by atoms with E-state index in [9.17, 15) is 16.8 Å². The molecule has 0 unspecified atom stereocenters. The first-order valence-corrected chi connectivity index (χ1v) is 6.35. The molecule has 16 heavy (non-hydrogen) atoms. The van der Waals surface area contributed by atoms with Crippen molar-refractivity contribution >= 4 is 55.5 Å². The molecule has 0 aliphatic carbocycles. The topological polar surface area (TPSA) is 135 Å². The van der Waals surface area contributed by atoms with Gasteiger partial charge in [0.05, 0.1) is 10.6 Å². The van der Waals surface area contributed by atoms with Crippen molar-refractivity contribution in [3.63, 3.8) is 0 Å². The van der Waals surface area contributed by atoms with Gasteiger partial charge in [-0.1, -0.05) is 0 Å². The second kappa shape index (κ2) is 5.00. The van der Waals surface area contributed by atoms with Crippen LogP contribution in [0.4, 0.5) is 5.69 Å². The summed E-state index contributed by atoms with van der Waals surface area (Å²) in [6.45, 7) is 0. The number of anilines is 1. The minimum atomic E-state index is -4.50. The molecule has 0 radical (unpaired) electrons. The zero-order valence-electron chi connectivity index (χ0n) is 7.15. The van der Waals surface area contributed by atoms with Crippen LogP contribution < -0.4 is 5.73 Å². The SMILES string of the molecule is Nc1cc(S(=O)(=O)O)ccc1S(=O)(=O)O.[NaH]. The molecule has 1 aromatic rings. The van der Waals surface area contributed by atoms with Crippen molar-refractivity contribution in [2.45, 2.75) is 9.79 Å². The predicted molar refractivity (Wildman–Crippen MR) is 57.6 cm³/mol. The average molecular weight is 277 g/mol. The molecule has 4 N–H and O–H groups in total. The molecule has 0 amide bonds. The fourth-order valence-corrected chi connectivity index (χ4v) is 2.03. The molecule has 0 fully saturated rings. The number of hydrogen-bond donors (Lipinski definition) is 3. The van der Waals surface area contributed by atoms with Crippen LogP contribution in [-0.2, 0) is 20.2 Å². The Hall–Kier alpha value is -0.160. The van der Waals surface area contributed by atoms with Crippen molar-refractivity contribution in [1.82, 2.24) is 0 Å². The third-order valence-corrected chi connectivity index (χ3v) is 3.33. The van der Waals surface area contributed by atoms with Crippen molar-refractivity contribution < 1.29 is 25.9 Å². The fourth-order valence-electron chi connectivity index (χ4n) is 0.922. The number of benzene rings is 1. The molecule has 7 nitrogen and oxygen atoms in total. The summed E-state index contributed by atoms with van der Waals surface area (Å²) in [6, 6.07) is 2.33. The fraction of sp³-hybridized carbons (Fsp3) is 0. The first-order valence-electron chi connectivity index (χ1n) is 3.47. The van der Waals surface area contributed by atoms with Gasteiger partial charge in [0.25, 0.3) is 20.2 Å². The molecule has 86 valence electrons. The summed E-state index contributed by atoms with van der Waals surface area (Å²) in [5.74, 6) is 0. The maximum absolute atomic E-state index is 10.7. The molecule has 0 saturated carbocycles. The molecule has 1 rings (SSSR count). The van der Waals surface area contributed by atoms with E-state index >= 15 is 0 Å². The Labute approximate surface area is 114 Å². The molecule has 0 bridgehead atoms. The Morgan fingerprint density at radius 1 is 1.00 bits per heavy atom. The van der Waals surface area contributed by atoms with Crippen LogP contribution >= 0.6 is 0 Å². The van der Waals surface area contributed by atoms with Gasteiger partial charge in [-0.25, -0.2) is 0 Å². The Kier molecular flexibility index (Phi) is 4.95. The summed E-state index contributed by atoms with van der Waals surface area (Å²) in [4.78, 5) is -1.16. The van der Waals surface area contributed by atoms with E-state index in [0.29, 0.717) is 0 Å². The van der Waals surface area contributed by atoms with E-state index in [4.69, 9.17) is 14.8 Å². The van der Waals surface area contributed by atoms with Crippen molar-refractivity contribution in [1.29, 1.82) is 0 Å². The van der Waals surface area contributed by atoms with Gasteiger partial charge in [0.2, 0.25) is 0 Å². The van der Waals surface area contributed by atoms with E-state index in [-0.39, 0.29) is 29.6 Å². The number of hydrogen-bond acceptors (Lipinski definition) is 5. The van der Waals surface area contributed by atoms with Crippen LogP contribution in [0.1, 0.15) is 0 Å². The molecule has 0 saturated heterocycles. The third-order valence-electron chi connectivity index (χ3n) is 1.56. The van der Waals surface area contributed by atoms with Gasteiger partial charge in [-0.2, -0.15) is 16.8 Å². The molecule has 0 atom stereocenters. The maximum atomic E-state index is 10.7. The Morgan fingerprint density at radius 3 is 1.81 bits per heavy atom. The van der Waals surface area contributed by atoms with E-state index in [0.717, 1.165) is 18.2 Å². The standard InChI is InChI=1S/C6H7NO6S2.Na.H/c7-5-3-4(14(8,9)10)1-2-6(5)15(11,12)13;;/h1-3H,7H2,(H,8,9,10)(H,11,12,13);;. The molecule has 0 aliphatic heterocycles. The van der Waals surface area contributed by atoms with Gasteiger partial charge in [-0.05, 0) is 18.2 Å². The summed E-state index contributed by atoms with van der Waals surface area (Å²) in [5.41, 5.74) is 4.72. The molecule has 0 aromatic heterocycles. The predicted octanol–water partition coefficient (Wildman–Crippen LogP) is -0.886. The summed E-state index contributed by atoms with van der Waals surface area (Å²) in [5, 5.41) is 0. The summed E-state index contributed by atoms with van der Waals surface area (Å²) < 4.78 is 59.9. The van der Waals surface area contributed by atoms with Crippen LogP contribution in [0.2, 0.25) is 0 Å². The van der Waals surface area contributed by atoms with Gasteiger partial charge in [0.15, 0.2) is 0 Å². The van der Waals surface area contributed by atoms with Crippen LogP contribution in [0.5, 0.6) is 0 Å². The summed E-state index contributed by atoms with van der Waals surface area (Å²) in [7, 11) is -8.94. The third kappa shape index (κ3) is 3.70. The Morgan fingerprint density at radius 2 is 1.50 bits per heavy atom. The van der Waals surface area contributed by atoms with Crippen molar-refractivity contribution in [2.24, 2.45) is 0 Å². The van der Waals surface area contributed by atoms with Gasteiger partial charge in [-0.15, -0.1) is 0 Å². The van der Waals surface area contributed by atoms with Crippen LogP contribution in [0.25, 0.3) is 0 Å². The molecule has 0 aliphatic rings. The minimum absolute atomic E-state index is 0. The average Bonchev–Trinajstić information content (AvgIpc) is 1.99. The van der Waals surface area contributed by atoms with Gasteiger partial charge in [0, 0.05) is 0 Å². The second-order valence-corrected chi connectivity index (χ2v) is 5.46. The molecule has 0 heterocycles. The van der Waals surface area contributed by atoms with Crippen molar-refractivity contribution in [3.05, 3.63) is 18.2 Å². The van der Waals surface area contributed by atoms with E-state index in [1.807, 2.05) is 0 Å². The second-order valence-electron chi connectivity index (χ2n) is 2.65. The Bertz CT molecular complexity index is 593. The molecule has 0 spiro atoms. The van der Waals surface area contributed by atoms with Crippen LogP contribution in [0, 0.1) is 0 Å². The first-order chi connectivity index (χ1) is 6.62. The Balaban J connectivity index is 0.00000225. The van der Waals surface area contributed by atoms with Crippen LogP contribution in [-0.4, -0.2) is 55.5 Å². The molecule has 10 heteroatoms. The van der Waals surface area contributed by atoms with Crippen LogP contribution in [0.15, 0.2) is 28.0 Å². The summed E-state index contributed by atoms with van der Waals surface area (Å²) in [6.07, 6.45) is 0. The normalized spacial score (nSPS) is 11.9. The zero-order chi connectivity index (χ0) is 11.9. The van der Waals surface area contributed by atoms with E-state index in [1.165, 1.54) is 0 Å². The summed E-state index contributed by atoms with van der Waals surface area (Å²) >= 11 is 0. The monoisotopic (exact) mass is 277 g/mol. The van der Waals surface area contributed by atoms with Gasteiger partial charge in [0.1, 0.15) is 4.90 Å².